The van der Waals surface area contributed by atoms with E-state index in [1.54, 1.807) is 24.3 Å². The molecule has 0 aliphatic rings. The number of nitrogens with zero attached hydrogens (tertiary/aromatic N) is 1. The zero-order valence-electron chi connectivity index (χ0n) is 12.0. The van der Waals surface area contributed by atoms with Gasteiger partial charge in [-0.15, -0.1) is 0 Å². The number of H-pyrrole nitrogens is 1. The van der Waals surface area contributed by atoms with Crippen molar-refractivity contribution >= 4 is 27.1 Å². The summed E-state index contributed by atoms with van der Waals surface area (Å²) in [6.45, 7) is 0. The number of rotatable bonds is 4. The molecule has 1 aromatic heterocycles. The van der Waals surface area contributed by atoms with Gasteiger partial charge in [-0.1, -0.05) is 18.2 Å². The highest BCUT2D eigenvalue weighted by Gasteiger charge is 2.17. The highest BCUT2D eigenvalue weighted by atomic mass is 32.2. The summed E-state index contributed by atoms with van der Waals surface area (Å²) in [5, 5.41) is 0. The fourth-order valence-electron chi connectivity index (χ4n) is 2.00. The van der Waals surface area contributed by atoms with E-state index < -0.39 is 16.1 Å². The molecular formula is C15H12N2O5S. The molecule has 0 unspecified atom stereocenters. The van der Waals surface area contributed by atoms with E-state index in [1.807, 2.05) is 0 Å². The Morgan fingerprint density at radius 2 is 1.87 bits per heavy atom. The number of carbonyl (C=O) groups is 1. The maximum atomic E-state index is 12.2. The van der Waals surface area contributed by atoms with Gasteiger partial charge in [0.15, 0.2) is 0 Å². The van der Waals surface area contributed by atoms with E-state index in [1.165, 1.54) is 31.4 Å². The van der Waals surface area contributed by atoms with E-state index >= 15 is 0 Å². The fraction of sp³-hybridized carbons (Fsp3) is 0.0667. The van der Waals surface area contributed by atoms with Gasteiger partial charge in [-0.3, -0.25) is 0 Å². The van der Waals surface area contributed by atoms with E-state index in [4.69, 9.17) is 4.18 Å². The molecule has 0 saturated carbocycles. The van der Waals surface area contributed by atoms with Crippen molar-refractivity contribution < 1.29 is 22.1 Å². The van der Waals surface area contributed by atoms with Crippen molar-refractivity contribution in [3.8, 4) is 5.75 Å². The molecule has 0 aliphatic carbocycles. The van der Waals surface area contributed by atoms with Crippen molar-refractivity contribution in [2.24, 2.45) is 0 Å². The predicted octanol–water partition coefficient (Wildman–Crippen LogP) is 2.12. The molecule has 0 radical (unpaired) electrons. The number of hydrogen-bond acceptors (Lipinski definition) is 6. The van der Waals surface area contributed by atoms with Gasteiger partial charge in [0.1, 0.15) is 10.6 Å². The Balaban J connectivity index is 1.93. The third kappa shape index (κ3) is 3.02. The van der Waals surface area contributed by atoms with Crippen LogP contribution in [0.5, 0.6) is 5.75 Å². The summed E-state index contributed by atoms with van der Waals surface area (Å²) in [4.78, 5) is 18.3. The minimum atomic E-state index is -3.92. The lowest BCUT2D eigenvalue weighted by molar-refractivity contribution is 0.0588. The highest BCUT2D eigenvalue weighted by molar-refractivity contribution is 7.87. The average Bonchev–Trinajstić information content (AvgIpc) is 2.98. The Kier molecular flexibility index (Phi) is 3.75. The Morgan fingerprint density at radius 1 is 1.13 bits per heavy atom. The standard InChI is InChI=1S/C15H12N2O5S/c1-21-15(18)14-16-12-8-7-10(9-13(12)17-14)22-23(19,20)11-5-3-2-4-6-11/h2-9H,1H3,(H,16,17). The first-order valence-electron chi connectivity index (χ1n) is 6.57. The second-order valence-corrected chi connectivity index (χ2v) is 6.15. The van der Waals surface area contributed by atoms with Gasteiger partial charge in [0, 0.05) is 6.07 Å². The number of fused-ring (bicyclic) bond motifs is 1. The summed E-state index contributed by atoms with van der Waals surface area (Å²) < 4.78 is 34.0. The zero-order valence-corrected chi connectivity index (χ0v) is 12.8. The maximum absolute atomic E-state index is 12.2. The topological polar surface area (TPSA) is 98.3 Å². The summed E-state index contributed by atoms with van der Waals surface area (Å²) in [5.41, 5.74) is 0.959. The number of methoxy groups -OCH3 is 1. The number of aromatic amines is 1. The summed E-state index contributed by atoms with van der Waals surface area (Å²) in [6, 6.07) is 12.3. The number of nitrogens with one attached hydrogen (secondary N) is 1. The Bertz CT molecular complexity index is 964. The van der Waals surface area contributed by atoms with Gasteiger partial charge in [-0.25, -0.2) is 9.78 Å². The first-order chi connectivity index (χ1) is 11.0. The first kappa shape index (κ1) is 15.0. The number of hydrogen-bond donors (Lipinski definition) is 1. The lowest BCUT2D eigenvalue weighted by Crippen LogP contribution is -2.09. The Morgan fingerprint density at radius 3 is 2.57 bits per heavy atom. The quantitative estimate of drug-likeness (QED) is 0.580. The third-order valence-electron chi connectivity index (χ3n) is 3.07. The van der Waals surface area contributed by atoms with E-state index in [0.717, 1.165) is 0 Å². The fourth-order valence-corrected chi connectivity index (χ4v) is 2.94. The number of benzene rings is 2. The molecule has 0 aliphatic heterocycles. The molecule has 1 heterocycles. The number of aromatic nitrogens is 2. The average molecular weight is 332 g/mol. The predicted molar refractivity (Wildman–Crippen MR) is 81.7 cm³/mol. The van der Waals surface area contributed by atoms with Crippen molar-refractivity contribution in [1.29, 1.82) is 0 Å². The molecule has 0 amide bonds. The molecule has 8 heteroatoms. The molecule has 3 aromatic rings. The molecule has 0 fully saturated rings. The van der Waals surface area contributed by atoms with Crippen molar-refractivity contribution in [3.63, 3.8) is 0 Å². The molecule has 1 N–H and O–H groups in total. The molecule has 0 atom stereocenters. The SMILES string of the molecule is COC(=O)c1nc2ccc(OS(=O)(=O)c3ccccc3)cc2[nH]1. The zero-order chi connectivity index (χ0) is 16.4. The largest absolute Gasteiger partial charge is 0.463 e. The lowest BCUT2D eigenvalue weighted by atomic mass is 10.3. The van der Waals surface area contributed by atoms with Crippen LogP contribution in [0, 0.1) is 0 Å². The molecule has 7 nitrogen and oxygen atoms in total. The van der Waals surface area contributed by atoms with Crippen LogP contribution in [0.15, 0.2) is 53.4 Å². The molecule has 0 spiro atoms. The van der Waals surface area contributed by atoms with Crippen molar-refractivity contribution in [2.75, 3.05) is 7.11 Å². The minimum Gasteiger partial charge on any atom is -0.463 e. The van der Waals surface area contributed by atoms with E-state index in [-0.39, 0.29) is 16.5 Å². The van der Waals surface area contributed by atoms with Gasteiger partial charge >= 0.3 is 16.1 Å². The molecule has 3 rings (SSSR count). The number of ether oxygens (including phenoxy) is 1. The van der Waals surface area contributed by atoms with Gasteiger partial charge in [0.05, 0.1) is 18.1 Å². The molecule has 23 heavy (non-hydrogen) atoms. The Labute approximate surface area is 132 Å². The van der Waals surface area contributed by atoms with Crippen LogP contribution in [0.3, 0.4) is 0 Å². The molecular weight excluding hydrogens is 320 g/mol. The van der Waals surface area contributed by atoms with E-state index in [2.05, 4.69) is 14.7 Å². The van der Waals surface area contributed by atoms with Gasteiger partial charge in [-0.2, -0.15) is 8.42 Å². The van der Waals surface area contributed by atoms with Crippen LogP contribution in [0.25, 0.3) is 11.0 Å². The number of imidazole rings is 1. The molecule has 2 aromatic carbocycles. The monoisotopic (exact) mass is 332 g/mol. The molecule has 0 bridgehead atoms. The second kappa shape index (κ2) is 5.73. The van der Waals surface area contributed by atoms with E-state index in [9.17, 15) is 13.2 Å². The number of esters is 1. The van der Waals surface area contributed by atoms with Crippen LogP contribution in [-0.2, 0) is 14.9 Å². The maximum Gasteiger partial charge on any atom is 0.374 e. The summed E-state index contributed by atoms with van der Waals surface area (Å²) in [5.74, 6) is -0.465. The minimum absolute atomic E-state index is 0.0329. The normalized spacial score (nSPS) is 11.3. The smallest absolute Gasteiger partial charge is 0.374 e. The van der Waals surface area contributed by atoms with Crippen molar-refractivity contribution in [1.82, 2.24) is 9.97 Å². The number of carbonyl (C=O) groups excluding carboxylic acids is 1. The van der Waals surface area contributed by atoms with Gasteiger partial charge < -0.3 is 13.9 Å². The van der Waals surface area contributed by atoms with Crippen molar-refractivity contribution in [3.05, 3.63) is 54.4 Å². The molecule has 118 valence electrons. The summed E-state index contributed by atoms with van der Waals surface area (Å²) in [6.07, 6.45) is 0. The third-order valence-corrected chi connectivity index (χ3v) is 4.33. The van der Waals surface area contributed by atoms with Crippen LogP contribution < -0.4 is 4.18 Å². The van der Waals surface area contributed by atoms with Crippen LogP contribution in [0.4, 0.5) is 0 Å². The van der Waals surface area contributed by atoms with Crippen LogP contribution in [-0.4, -0.2) is 31.5 Å². The Hall–Kier alpha value is -2.87. The highest BCUT2D eigenvalue weighted by Crippen LogP contribution is 2.23. The van der Waals surface area contributed by atoms with Gasteiger partial charge in [0.25, 0.3) is 0 Å². The van der Waals surface area contributed by atoms with E-state index in [0.29, 0.717) is 11.0 Å². The lowest BCUT2D eigenvalue weighted by Gasteiger charge is -2.06. The first-order valence-corrected chi connectivity index (χ1v) is 7.98. The van der Waals surface area contributed by atoms with Crippen LogP contribution in [0.2, 0.25) is 0 Å². The molecule has 0 saturated heterocycles. The van der Waals surface area contributed by atoms with Crippen molar-refractivity contribution in [2.45, 2.75) is 4.90 Å². The summed E-state index contributed by atoms with van der Waals surface area (Å²) in [7, 11) is -2.68. The van der Waals surface area contributed by atoms with Crippen LogP contribution >= 0.6 is 0 Å². The van der Waals surface area contributed by atoms with Gasteiger partial charge in [0.2, 0.25) is 5.82 Å². The summed E-state index contributed by atoms with van der Waals surface area (Å²) >= 11 is 0. The second-order valence-electron chi connectivity index (χ2n) is 4.61. The van der Waals surface area contributed by atoms with Gasteiger partial charge in [-0.05, 0) is 24.3 Å². The van der Waals surface area contributed by atoms with Crippen LogP contribution in [0.1, 0.15) is 10.6 Å².